The molecule has 2 fully saturated rings. The molecule has 8 heteroatoms. The first-order valence-electron chi connectivity index (χ1n) is 14.2. The number of nitrogens with one attached hydrogen (secondary N) is 1. The molecule has 0 radical (unpaired) electrons. The Bertz CT molecular complexity index is 1530. The molecule has 6 rings (SSSR count). The molecule has 4 aromatic rings. The summed E-state index contributed by atoms with van der Waals surface area (Å²) in [6.45, 7) is 8.64. The van der Waals surface area contributed by atoms with Crippen LogP contribution in [-0.4, -0.2) is 48.1 Å². The first-order chi connectivity index (χ1) is 20.1. The number of halogens is 1. The van der Waals surface area contributed by atoms with E-state index in [2.05, 4.69) is 44.3 Å². The van der Waals surface area contributed by atoms with Crippen molar-refractivity contribution in [2.45, 2.75) is 36.6 Å². The molecule has 1 aliphatic carbocycles. The number of hydrogen-bond acceptors (Lipinski definition) is 7. The van der Waals surface area contributed by atoms with Gasteiger partial charge in [-0.15, -0.1) is 0 Å². The fourth-order valence-electron chi connectivity index (χ4n) is 5.55. The highest BCUT2D eigenvalue weighted by molar-refractivity contribution is 8.00. The van der Waals surface area contributed by atoms with Crippen LogP contribution in [0.2, 0.25) is 0 Å². The van der Waals surface area contributed by atoms with Gasteiger partial charge < -0.3 is 14.5 Å². The lowest BCUT2D eigenvalue weighted by Gasteiger charge is -2.37. The zero-order chi connectivity index (χ0) is 28.2. The molecule has 0 bridgehead atoms. The molecule has 1 saturated carbocycles. The molecule has 41 heavy (non-hydrogen) atoms. The van der Waals surface area contributed by atoms with Gasteiger partial charge >= 0.3 is 0 Å². The lowest BCUT2D eigenvalue weighted by molar-refractivity contribution is -0.177. The number of pyridine rings is 1. The van der Waals surface area contributed by atoms with E-state index in [9.17, 15) is 4.39 Å². The largest absolute Gasteiger partial charge is 0.369 e. The van der Waals surface area contributed by atoms with Crippen LogP contribution in [0.1, 0.15) is 41.9 Å². The fourth-order valence-corrected chi connectivity index (χ4v) is 6.35. The van der Waals surface area contributed by atoms with Crippen molar-refractivity contribution in [1.82, 2.24) is 14.8 Å². The van der Waals surface area contributed by atoms with Crippen LogP contribution in [0, 0.1) is 5.82 Å². The molecule has 1 aromatic heterocycles. The topological polar surface area (TPSA) is 49.9 Å². The van der Waals surface area contributed by atoms with Crippen molar-refractivity contribution in [3.63, 3.8) is 0 Å². The van der Waals surface area contributed by atoms with Crippen molar-refractivity contribution < 1.29 is 14.2 Å². The zero-order valence-electron chi connectivity index (χ0n) is 23.3. The van der Waals surface area contributed by atoms with Gasteiger partial charge in [-0.3, -0.25) is 9.88 Å². The number of nitrogens with zero attached hydrogens (tertiary/aromatic N) is 3. The number of benzene rings is 3. The number of piperazine rings is 1. The molecule has 0 amide bonds. The monoisotopic (exact) mass is 570 g/mol. The van der Waals surface area contributed by atoms with Crippen LogP contribution < -0.4 is 9.61 Å². The Morgan fingerprint density at radius 3 is 2.63 bits per heavy atom. The van der Waals surface area contributed by atoms with E-state index in [4.69, 9.17) is 9.78 Å². The number of anilines is 1. The normalized spacial score (nSPS) is 16.0. The van der Waals surface area contributed by atoms with Crippen molar-refractivity contribution >= 4 is 34.2 Å². The predicted molar refractivity (Wildman–Crippen MR) is 164 cm³/mol. The second-order valence-corrected chi connectivity index (χ2v) is 11.5. The van der Waals surface area contributed by atoms with Crippen LogP contribution in [0.5, 0.6) is 5.75 Å². The summed E-state index contributed by atoms with van der Waals surface area (Å²) in [5, 5.41) is 1.09. The van der Waals surface area contributed by atoms with E-state index >= 15 is 0 Å². The Labute approximate surface area is 245 Å². The van der Waals surface area contributed by atoms with Gasteiger partial charge in [0, 0.05) is 55.6 Å². The molecule has 0 unspecified atom stereocenters. The summed E-state index contributed by atoms with van der Waals surface area (Å²) in [5.74, 6) is 0.954. The van der Waals surface area contributed by atoms with Crippen LogP contribution in [0.15, 0.2) is 84.4 Å². The van der Waals surface area contributed by atoms with Gasteiger partial charge in [0.25, 0.3) is 0 Å². The highest BCUT2D eigenvalue weighted by atomic mass is 32.2. The first-order valence-corrected chi connectivity index (χ1v) is 15.0. The van der Waals surface area contributed by atoms with E-state index in [-0.39, 0.29) is 5.82 Å². The summed E-state index contributed by atoms with van der Waals surface area (Å²) in [5.41, 5.74) is 5.59. The minimum atomic E-state index is -0.0431. The van der Waals surface area contributed by atoms with E-state index in [0.717, 1.165) is 89.4 Å². The van der Waals surface area contributed by atoms with Gasteiger partial charge in [0.1, 0.15) is 5.82 Å². The molecule has 2 heterocycles. The Morgan fingerprint density at radius 2 is 1.88 bits per heavy atom. The van der Waals surface area contributed by atoms with Gasteiger partial charge in [0.15, 0.2) is 5.75 Å². The quantitative estimate of drug-likeness (QED) is 0.120. The van der Waals surface area contributed by atoms with Crippen molar-refractivity contribution in [1.29, 1.82) is 0 Å². The van der Waals surface area contributed by atoms with Crippen molar-refractivity contribution in [3.05, 3.63) is 102 Å². The minimum absolute atomic E-state index is 0.0431. The fraction of sp³-hybridized carbons (Fsp3) is 0.303. The average Bonchev–Trinajstić information content (AvgIpc) is 2.97. The van der Waals surface area contributed by atoms with Crippen molar-refractivity contribution in [3.8, 4) is 5.75 Å². The van der Waals surface area contributed by atoms with Gasteiger partial charge in [0.05, 0.1) is 23.2 Å². The van der Waals surface area contributed by atoms with Crippen molar-refractivity contribution in [2.24, 2.45) is 0 Å². The average molecular weight is 571 g/mol. The Hall–Kier alpha value is -3.59. The SMILES string of the molecule is C=C(c1ccc(NSc2cccc3cccnc23)c(OOC)c1)N1CCN(Cc2ccc(C3CCC3)c(F)c2)CC1. The van der Waals surface area contributed by atoms with E-state index < -0.39 is 0 Å². The van der Waals surface area contributed by atoms with Gasteiger partial charge in [-0.2, -0.15) is 4.89 Å². The highest BCUT2D eigenvalue weighted by Gasteiger charge is 2.24. The number of rotatable bonds is 10. The lowest BCUT2D eigenvalue weighted by Crippen LogP contribution is -2.44. The molecular formula is C33H35FN4O2S. The summed E-state index contributed by atoms with van der Waals surface area (Å²) >= 11 is 1.48. The van der Waals surface area contributed by atoms with Crippen molar-refractivity contribution in [2.75, 3.05) is 38.0 Å². The molecule has 6 nitrogen and oxygen atoms in total. The number of hydrogen-bond donors (Lipinski definition) is 1. The molecular weight excluding hydrogens is 535 g/mol. The second-order valence-electron chi connectivity index (χ2n) is 10.7. The summed E-state index contributed by atoms with van der Waals surface area (Å²) < 4.78 is 18.1. The molecule has 1 N–H and O–H groups in total. The molecule has 0 spiro atoms. The van der Waals surface area contributed by atoms with E-state index in [1.807, 2.05) is 42.5 Å². The summed E-state index contributed by atoms with van der Waals surface area (Å²) in [7, 11) is 1.50. The molecule has 3 aromatic carbocycles. The Morgan fingerprint density at radius 1 is 1.05 bits per heavy atom. The van der Waals surface area contributed by atoms with Crippen LogP contribution in [0.25, 0.3) is 16.6 Å². The zero-order valence-corrected chi connectivity index (χ0v) is 24.1. The van der Waals surface area contributed by atoms with Gasteiger partial charge in [-0.1, -0.05) is 49.4 Å². The number of fused-ring (bicyclic) bond motifs is 1. The third-order valence-electron chi connectivity index (χ3n) is 8.12. The maximum absolute atomic E-state index is 14.7. The molecule has 0 atom stereocenters. The van der Waals surface area contributed by atoms with Gasteiger partial charge in [-0.05, 0) is 72.2 Å². The molecule has 1 aliphatic heterocycles. The van der Waals surface area contributed by atoms with Gasteiger partial charge in [-0.25, -0.2) is 4.39 Å². The number of aromatic nitrogens is 1. The van der Waals surface area contributed by atoms with E-state index in [0.29, 0.717) is 11.7 Å². The molecule has 212 valence electrons. The summed E-state index contributed by atoms with van der Waals surface area (Å²) in [6.07, 6.45) is 5.25. The van der Waals surface area contributed by atoms with Crippen LogP contribution in [0.3, 0.4) is 0 Å². The Kier molecular flexibility index (Phi) is 8.41. The van der Waals surface area contributed by atoms with Gasteiger partial charge in [0.2, 0.25) is 0 Å². The van der Waals surface area contributed by atoms with Crippen LogP contribution >= 0.6 is 11.9 Å². The smallest absolute Gasteiger partial charge is 0.189 e. The maximum atomic E-state index is 14.7. The van der Waals surface area contributed by atoms with E-state index in [1.54, 1.807) is 12.3 Å². The summed E-state index contributed by atoms with van der Waals surface area (Å²) in [4.78, 5) is 20.8. The first kappa shape index (κ1) is 27.6. The lowest BCUT2D eigenvalue weighted by atomic mass is 9.79. The van der Waals surface area contributed by atoms with Crippen LogP contribution in [0.4, 0.5) is 10.1 Å². The summed E-state index contributed by atoms with van der Waals surface area (Å²) in [6, 6.07) is 21.9. The third kappa shape index (κ3) is 6.20. The Balaban J connectivity index is 1.07. The predicted octanol–water partition coefficient (Wildman–Crippen LogP) is 7.49. The van der Waals surface area contributed by atoms with E-state index in [1.165, 1.54) is 25.5 Å². The molecule has 2 aliphatic rings. The highest BCUT2D eigenvalue weighted by Crippen LogP contribution is 2.38. The molecule has 1 saturated heterocycles. The second kappa shape index (κ2) is 12.5. The number of para-hydroxylation sites is 1. The third-order valence-corrected chi connectivity index (χ3v) is 9.00. The minimum Gasteiger partial charge on any atom is -0.369 e. The van der Waals surface area contributed by atoms with Crippen LogP contribution in [-0.2, 0) is 11.4 Å². The standard InChI is InChI=1S/C33H35FN4O2S/c1-23(38-18-16-37(17-19-38)22-24-11-13-28(29(34)20-24)25-6-3-7-25)27-12-14-30(31(21-27)40-39-2)36-41-32-10-4-8-26-9-5-15-35-33(26)32/h4-5,8-15,20-21,25,36H,1,3,6-7,16-19,22H2,2H3. The maximum Gasteiger partial charge on any atom is 0.189 e.